The van der Waals surface area contributed by atoms with Crippen LogP contribution in [-0.2, 0) is 0 Å². The first kappa shape index (κ1) is 18.6. The second-order valence-corrected chi connectivity index (χ2v) is 5.24. The molecule has 1 fully saturated rings. The van der Waals surface area contributed by atoms with Crippen LogP contribution in [0.15, 0.2) is 30.3 Å². The standard InChI is InChI=1S/C15H20F3N2.Li/c16-15(17,18)12-19-14(13-7-3-1-4-8-13)11-20-9-5-2-6-10-20;/h1,3-4,7-8,14H,2,5-6,9-12H2;/q-1;+1/t14-;/m0./s1. The van der Waals surface area contributed by atoms with Gasteiger partial charge >= 0.3 is 25.0 Å². The molecule has 0 spiro atoms. The minimum absolute atomic E-state index is 0. The van der Waals surface area contributed by atoms with E-state index in [0.717, 1.165) is 31.5 Å². The Labute approximate surface area is 136 Å². The van der Waals surface area contributed by atoms with Crippen molar-refractivity contribution in [3.63, 3.8) is 0 Å². The van der Waals surface area contributed by atoms with Gasteiger partial charge in [-0.3, -0.25) is 0 Å². The minimum Gasteiger partial charge on any atom is -0.647 e. The second kappa shape index (κ2) is 8.85. The van der Waals surface area contributed by atoms with Gasteiger partial charge < -0.3 is 10.2 Å². The number of hydrogen-bond donors (Lipinski definition) is 0. The Morgan fingerprint density at radius 3 is 2.24 bits per heavy atom. The summed E-state index contributed by atoms with van der Waals surface area (Å²) in [5, 5.41) is 3.89. The SMILES string of the molecule is FC(F)(F)C[N-][C@@H](CN1CCCCC1)c1ccccc1.[Li+]. The van der Waals surface area contributed by atoms with Gasteiger partial charge in [0.25, 0.3) is 0 Å². The zero-order valence-electron chi connectivity index (χ0n) is 12.4. The molecule has 0 unspecified atom stereocenters. The Balaban J connectivity index is 0.00000220. The van der Waals surface area contributed by atoms with Gasteiger partial charge in [0.15, 0.2) is 0 Å². The maximum atomic E-state index is 12.4. The Morgan fingerprint density at radius 1 is 1.05 bits per heavy atom. The molecule has 6 heteroatoms. The Hall–Kier alpha value is -0.473. The van der Waals surface area contributed by atoms with Gasteiger partial charge in [0.05, 0.1) is 0 Å². The van der Waals surface area contributed by atoms with Crippen molar-refractivity contribution < 1.29 is 32.0 Å². The Bertz CT molecular complexity index is 392. The van der Waals surface area contributed by atoms with Crippen LogP contribution in [-0.4, -0.2) is 37.3 Å². The molecule has 112 valence electrons. The second-order valence-electron chi connectivity index (χ2n) is 5.24. The van der Waals surface area contributed by atoms with E-state index in [1.54, 1.807) is 0 Å². The van der Waals surface area contributed by atoms with Gasteiger partial charge in [-0.05, 0) is 39.0 Å². The average molecular weight is 292 g/mol. The van der Waals surface area contributed by atoms with Crippen molar-refractivity contribution in [2.75, 3.05) is 26.2 Å². The molecule has 1 aromatic rings. The van der Waals surface area contributed by atoms with Crippen LogP contribution in [0.1, 0.15) is 30.9 Å². The molecule has 2 nitrogen and oxygen atoms in total. The van der Waals surface area contributed by atoms with Crippen molar-refractivity contribution in [2.24, 2.45) is 0 Å². The monoisotopic (exact) mass is 292 g/mol. The van der Waals surface area contributed by atoms with E-state index >= 15 is 0 Å². The summed E-state index contributed by atoms with van der Waals surface area (Å²) in [6.07, 6.45) is -0.761. The number of likely N-dealkylation sites (tertiary alicyclic amines) is 1. The molecule has 21 heavy (non-hydrogen) atoms. The predicted octanol–water partition coefficient (Wildman–Crippen LogP) is 1.15. The van der Waals surface area contributed by atoms with Crippen molar-refractivity contribution in [3.05, 3.63) is 41.2 Å². The average Bonchev–Trinajstić information content (AvgIpc) is 2.44. The number of piperidine rings is 1. The molecule has 1 aromatic carbocycles. The molecule has 1 aliphatic rings. The van der Waals surface area contributed by atoms with Crippen molar-refractivity contribution in [1.29, 1.82) is 0 Å². The van der Waals surface area contributed by atoms with Gasteiger partial charge in [-0.25, -0.2) is 0 Å². The van der Waals surface area contributed by atoms with Gasteiger partial charge in [0.2, 0.25) is 0 Å². The van der Waals surface area contributed by atoms with Crippen LogP contribution < -0.4 is 18.9 Å². The van der Waals surface area contributed by atoms with Crippen molar-refractivity contribution >= 4 is 0 Å². The summed E-state index contributed by atoms with van der Waals surface area (Å²) in [7, 11) is 0. The number of nitrogens with zero attached hydrogens (tertiary/aromatic N) is 2. The molecule has 0 N–H and O–H groups in total. The van der Waals surface area contributed by atoms with Crippen LogP contribution in [0.25, 0.3) is 5.32 Å². The van der Waals surface area contributed by atoms with Gasteiger partial charge in [-0.15, -0.1) is 0 Å². The van der Waals surface area contributed by atoms with E-state index < -0.39 is 18.8 Å². The summed E-state index contributed by atoms with van der Waals surface area (Å²) < 4.78 is 37.2. The summed E-state index contributed by atoms with van der Waals surface area (Å²) in [6, 6.07) is 8.88. The van der Waals surface area contributed by atoms with Gasteiger partial charge in [-0.2, -0.15) is 13.2 Å². The summed E-state index contributed by atoms with van der Waals surface area (Å²) >= 11 is 0. The predicted molar refractivity (Wildman–Crippen MR) is 73.8 cm³/mol. The van der Waals surface area contributed by atoms with Crippen LogP contribution in [0.4, 0.5) is 13.2 Å². The number of hydrogen-bond acceptors (Lipinski definition) is 1. The van der Waals surface area contributed by atoms with E-state index in [2.05, 4.69) is 10.2 Å². The molecular weight excluding hydrogens is 272 g/mol. The molecule has 0 amide bonds. The smallest absolute Gasteiger partial charge is 0.647 e. The molecular formula is C15H20F3LiN2. The third kappa shape index (κ3) is 6.88. The van der Waals surface area contributed by atoms with E-state index in [9.17, 15) is 13.2 Å². The molecule has 1 saturated heterocycles. The third-order valence-corrected chi connectivity index (χ3v) is 3.56. The quantitative estimate of drug-likeness (QED) is 0.744. The minimum atomic E-state index is -4.23. The molecule has 0 saturated carbocycles. The fourth-order valence-corrected chi connectivity index (χ4v) is 2.54. The van der Waals surface area contributed by atoms with Crippen molar-refractivity contribution in [1.82, 2.24) is 4.90 Å². The van der Waals surface area contributed by atoms with Gasteiger partial charge in [0.1, 0.15) is 0 Å². The zero-order chi connectivity index (χ0) is 14.4. The summed E-state index contributed by atoms with van der Waals surface area (Å²) in [6.45, 7) is 1.44. The van der Waals surface area contributed by atoms with E-state index in [4.69, 9.17) is 0 Å². The van der Waals surface area contributed by atoms with Crippen LogP contribution in [0, 0.1) is 0 Å². The molecule has 0 aliphatic carbocycles. The van der Waals surface area contributed by atoms with E-state index in [-0.39, 0.29) is 18.9 Å². The van der Waals surface area contributed by atoms with Crippen LogP contribution in [0.2, 0.25) is 0 Å². The third-order valence-electron chi connectivity index (χ3n) is 3.56. The van der Waals surface area contributed by atoms with Crippen molar-refractivity contribution in [2.45, 2.75) is 31.5 Å². The fourth-order valence-electron chi connectivity index (χ4n) is 2.54. The van der Waals surface area contributed by atoms with Crippen molar-refractivity contribution in [3.8, 4) is 0 Å². The molecule has 2 rings (SSSR count). The van der Waals surface area contributed by atoms with E-state index in [0.29, 0.717) is 6.54 Å². The van der Waals surface area contributed by atoms with Crippen LogP contribution in [0.5, 0.6) is 0 Å². The number of alkyl halides is 3. The Morgan fingerprint density at radius 2 is 1.67 bits per heavy atom. The number of benzene rings is 1. The summed E-state index contributed by atoms with van der Waals surface area (Å²) in [5.74, 6) is 0. The maximum absolute atomic E-state index is 12.4. The van der Waals surface area contributed by atoms with Gasteiger partial charge in [-0.1, -0.05) is 48.4 Å². The molecule has 1 aliphatic heterocycles. The Kier molecular flexibility index (Phi) is 7.82. The molecule has 0 aromatic heterocycles. The molecule has 0 bridgehead atoms. The first-order valence-electron chi connectivity index (χ1n) is 7.05. The summed E-state index contributed by atoms with van der Waals surface area (Å²) in [4.78, 5) is 2.22. The zero-order valence-corrected chi connectivity index (χ0v) is 12.4. The fraction of sp³-hybridized carbons (Fsp3) is 0.600. The normalized spacial score (nSPS) is 18.0. The molecule has 1 atom stereocenters. The largest absolute Gasteiger partial charge is 1.00 e. The molecule has 0 radical (unpaired) electrons. The van der Waals surface area contributed by atoms with Gasteiger partial charge in [0, 0.05) is 0 Å². The van der Waals surface area contributed by atoms with E-state index in [1.807, 2.05) is 30.3 Å². The first-order valence-corrected chi connectivity index (χ1v) is 7.05. The van der Waals surface area contributed by atoms with Crippen LogP contribution >= 0.6 is 0 Å². The first-order chi connectivity index (χ1) is 9.54. The molecule has 1 heterocycles. The maximum Gasteiger partial charge on any atom is 1.00 e. The topological polar surface area (TPSA) is 17.3 Å². The number of rotatable bonds is 5. The summed E-state index contributed by atoms with van der Waals surface area (Å²) in [5.41, 5.74) is 0.863. The number of halogens is 3. The van der Waals surface area contributed by atoms with E-state index in [1.165, 1.54) is 6.42 Å². The van der Waals surface area contributed by atoms with Crippen LogP contribution in [0.3, 0.4) is 0 Å².